The summed E-state index contributed by atoms with van der Waals surface area (Å²) in [5, 5.41) is 12.6. The van der Waals surface area contributed by atoms with Gasteiger partial charge in [-0.05, 0) is 55.2 Å². The van der Waals surface area contributed by atoms with Crippen LogP contribution in [0.2, 0.25) is 5.02 Å². The van der Waals surface area contributed by atoms with Gasteiger partial charge in [-0.15, -0.1) is 0 Å². The fourth-order valence-electron chi connectivity index (χ4n) is 3.28. The van der Waals surface area contributed by atoms with Crippen molar-refractivity contribution in [2.24, 2.45) is 5.92 Å². The highest BCUT2D eigenvalue weighted by molar-refractivity contribution is 6.31. The predicted octanol–water partition coefficient (Wildman–Crippen LogP) is 4.53. The fourth-order valence-corrected chi connectivity index (χ4v) is 3.47. The molecule has 1 aliphatic rings. The van der Waals surface area contributed by atoms with Gasteiger partial charge in [0.15, 0.2) is 0 Å². The minimum absolute atomic E-state index is 0.139. The number of piperidine rings is 1. The molecule has 1 aliphatic heterocycles. The Morgan fingerprint density at radius 2 is 2.00 bits per heavy atom. The number of rotatable bonds is 4. The van der Waals surface area contributed by atoms with E-state index >= 15 is 0 Å². The van der Waals surface area contributed by atoms with Gasteiger partial charge in [-0.25, -0.2) is 4.79 Å². The molecule has 0 radical (unpaired) electrons. The van der Waals surface area contributed by atoms with Crippen LogP contribution in [0.15, 0.2) is 42.5 Å². The smallest absolute Gasteiger partial charge is 0.335 e. The monoisotopic (exact) mass is 372 g/mol. The van der Waals surface area contributed by atoms with Crippen LogP contribution in [0.5, 0.6) is 0 Å². The molecule has 1 atom stereocenters. The molecule has 1 fully saturated rings. The van der Waals surface area contributed by atoms with Gasteiger partial charge in [0.05, 0.1) is 16.9 Å². The molecule has 2 aromatic rings. The molecular formula is C20H21ClN2O3. The van der Waals surface area contributed by atoms with Crippen molar-refractivity contribution in [3.63, 3.8) is 0 Å². The molecule has 0 saturated carbocycles. The van der Waals surface area contributed by atoms with E-state index in [4.69, 9.17) is 11.6 Å². The largest absolute Gasteiger partial charge is 0.478 e. The summed E-state index contributed by atoms with van der Waals surface area (Å²) >= 11 is 5.96. The highest BCUT2D eigenvalue weighted by Gasteiger charge is 2.21. The number of hydrogen-bond acceptors (Lipinski definition) is 3. The van der Waals surface area contributed by atoms with E-state index in [9.17, 15) is 14.7 Å². The first-order valence-electron chi connectivity index (χ1n) is 8.63. The van der Waals surface area contributed by atoms with Crippen LogP contribution in [0.3, 0.4) is 0 Å². The Kier molecular flexibility index (Phi) is 5.47. The quantitative estimate of drug-likeness (QED) is 0.827. The Morgan fingerprint density at radius 1 is 1.19 bits per heavy atom. The number of aromatic carboxylic acids is 1. The molecule has 0 bridgehead atoms. The lowest BCUT2D eigenvalue weighted by molar-refractivity contribution is 0.0696. The standard InChI is InChI=1S/C20H21ClN2O3/c1-13-4-3-9-23(12-13)18-8-7-15(20(25)26)11-17(18)22-19(24)14-5-2-6-16(21)10-14/h2,5-8,10-11,13H,3-4,9,12H2,1H3,(H,22,24)(H,25,26)/t13-/m1/s1. The number of halogens is 1. The second kappa shape index (κ2) is 7.79. The summed E-state index contributed by atoms with van der Waals surface area (Å²) < 4.78 is 0. The van der Waals surface area contributed by atoms with Gasteiger partial charge in [0, 0.05) is 23.7 Å². The predicted molar refractivity (Wildman–Crippen MR) is 103 cm³/mol. The molecule has 136 valence electrons. The van der Waals surface area contributed by atoms with E-state index in [2.05, 4.69) is 17.1 Å². The summed E-state index contributed by atoms with van der Waals surface area (Å²) in [5.74, 6) is -0.789. The highest BCUT2D eigenvalue weighted by atomic mass is 35.5. The van der Waals surface area contributed by atoms with Crippen LogP contribution >= 0.6 is 11.6 Å². The minimum atomic E-state index is -1.03. The lowest BCUT2D eigenvalue weighted by Gasteiger charge is -2.34. The molecule has 26 heavy (non-hydrogen) atoms. The molecule has 6 heteroatoms. The van der Waals surface area contributed by atoms with Gasteiger partial charge in [-0.2, -0.15) is 0 Å². The van der Waals surface area contributed by atoms with Crippen molar-refractivity contribution in [3.05, 3.63) is 58.6 Å². The normalized spacial score (nSPS) is 17.0. The second-order valence-corrected chi connectivity index (χ2v) is 7.13. The van der Waals surface area contributed by atoms with Gasteiger partial charge in [-0.1, -0.05) is 24.6 Å². The third kappa shape index (κ3) is 4.17. The number of carbonyl (C=O) groups excluding carboxylic acids is 1. The molecule has 5 nitrogen and oxygen atoms in total. The molecule has 1 saturated heterocycles. The number of hydrogen-bond donors (Lipinski definition) is 2. The number of anilines is 2. The molecule has 0 spiro atoms. The van der Waals surface area contributed by atoms with Gasteiger partial charge >= 0.3 is 5.97 Å². The molecular weight excluding hydrogens is 352 g/mol. The highest BCUT2D eigenvalue weighted by Crippen LogP contribution is 2.31. The van der Waals surface area contributed by atoms with Crippen LogP contribution in [-0.2, 0) is 0 Å². The Bertz CT molecular complexity index is 838. The molecule has 1 heterocycles. The van der Waals surface area contributed by atoms with Crippen LogP contribution in [0.1, 0.15) is 40.5 Å². The van der Waals surface area contributed by atoms with Gasteiger partial charge in [-0.3, -0.25) is 4.79 Å². The molecule has 0 unspecified atom stereocenters. The molecule has 0 aliphatic carbocycles. The summed E-state index contributed by atoms with van der Waals surface area (Å²) in [4.78, 5) is 26.2. The topological polar surface area (TPSA) is 69.6 Å². The fraction of sp³-hybridized carbons (Fsp3) is 0.300. The minimum Gasteiger partial charge on any atom is -0.478 e. The van der Waals surface area contributed by atoms with Crippen LogP contribution in [0, 0.1) is 5.92 Å². The molecule has 1 amide bonds. The van der Waals surface area contributed by atoms with Gasteiger partial charge in [0.2, 0.25) is 0 Å². The zero-order valence-corrected chi connectivity index (χ0v) is 15.3. The zero-order valence-electron chi connectivity index (χ0n) is 14.5. The van der Waals surface area contributed by atoms with E-state index < -0.39 is 5.97 Å². The first kappa shape index (κ1) is 18.3. The number of benzene rings is 2. The number of carboxylic acid groups (broad SMARTS) is 1. The third-order valence-corrected chi connectivity index (χ3v) is 4.81. The van der Waals surface area contributed by atoms with Crippen molar-refractivity contribution in [2.75, 3.05) is 23.3 Å². The Balaban J connectivity index is 1.93. The second-order valence-electron chi connectivity index (χ2n) is 6.69. The first-order chi connectivity index (χ1) is 12.4. The van der Waals surface area contributed by atoms with E-state index in [0.29, 0.717) is 22.2 Å². The number of nitrogens with zero attached hydrogens (tertiary/aromatic N) is 1. The maximum Gasteiger partial charge on any atom is 0.335 e. The Labute approximate surface area is 157 Å². The maximum atomic E-state index is 12.6. The molecule has 2 aromatic carbocycles. The molecule has 0 aromatic heterocycles. The SMILES string of the molecule is C[C@@H]1CCCN(c2ccc(C(=O)O)cc2NC(=O)c2cccc(Cl)c2)C1. The van der Waals surface area contributed by atoms with Gasteiger partial charge < -0.3 is 15.3 Å². The summed E-state index contributed by atoms with van der Waals surface area (Å²) in [5.41, 5.74) is 1.91. The number of amides is 1. The number of carboxylic acids is 1. The van der Waals surface area contributed by atoms with Crippen LogP contribution < -0.4 is 10.2 Å². The average molecular weight is 373 g/mol. The zero-order chi connectivity index (χ0) is 18.7. The van der Waals surface area contributed by atoms with E-state index in [0.717, 1.165) is 25.2 Å². The first-order valence-corrected chi connectivity index (χ1v) is 9.01. The Morgan fingerprint density at radius 3 is 2.69 bits per heavy atom. The lowest BCUT2D eigenvalue weighted by atomic mass is 9.99. The van der Waals surface area contributed by atoms with Gasteiger partial charge in [0.1, 0.15) is 0 Å². The molecule has 3 rings (SSSR count). The van der Waals surface area contributed by atoms with Crippen LogP contribution in [0.25, 0.3) is 0 Å². The van der Waals surface area contributed by atoms with Crippen molar-refractivity contribution in [3.8, 4) is 0 Å². The summed E-state index contributed by atoms with van der Waals surface area (Å²) in [6.07, 6.45) is 2.25. The van der Waals surface area contributed by atoms with Crippen LogP contribution in [0.4, 0.5) is 11.4 Å². The van der Waals surface area contributed by atoms with Crippen molar-refractivity contribution >= 4 is 34.9 Å². The Hall–Kier alpha value is -2.53. The van der Waals surface area contributed by atoms with E-state index in [-0.39, 0.29) is 11.5 Å². The summed E-state index contributed by atoms with van der Waals surface area (Å²) in [6, 6.07) is 11.5. The van der Waals surface area contributed by atoms with Crippen molar-refractivity contribution < 1.29 is 14.7 Å². The maximum absolute atomic E-state index is 12.6. The summed E-state index contributed by atoms with van der Waals surface area (Å²) in [7, 11) is 0. The summed E-state index contributed by atoms with van der Waals surface area (Å²) in [6.45, 7) is 3.96. The molecule has 2 N–H and O–H groups in total. The van der Waals surface area contributed by atoms with Crippen molar-refractivity contribution in [2.45, 2.75) is 19.8 Å². The third-order valence-electron chi connectivity index (χ3n) is 4.58. The van der Waals surface area contributed by atoms with Crippen molar-refractivity contribution in [1.29, 1.82) is 0 Å². The van der Waals surface area contributed by atoms with Gasteiger partial charge in [0.25, 0.3) is 5.91 Å². The average Bonchev–Trinajstić information content (AvgIpc) is 2.61. The van der Waals surface area contributed by atoms with Crippen molar-refractivity contribution in [1.82, 2.24) is 0 Å². The number of carbonyl (C=O) groups is 2. The number of nitrogens with one attached hydrogen (secondary N) is 1. The van der Waals surface area contributed by atoms with E-state index in [1.807, 2.05) is 0 Å². The van der Waals surface area contributed by atoms with E-state index in [1.165, 1.54) is 12.5 Å². The lowest BCUT2D eigenvalue weighted by Crippen LogP contribution is -2.35. The van der Waals surface area contributed by atoms with E-state index in [1.54, 1.807) is 36.4 Å². The van der Waals surface area contributed by atoms with Crippen LogP contribution in [-0.4, -0.2) is 30.1 Å².